The minimum Gasteiger partial charge on any atom is -0.491 e. The molecule has 0 heterocycles. The lowest BCUT2D eigenvalue weighted by Crippen LogP contribution is -2.01. The van der Waals surface area contributed by atoms with Gasteiger partial charge in [0.25, 0.3) is 0 Å². The summed E-state index contributed by atoms with van der Waals surface area (Å²) in [5, 5.41) is 3.42. The van der Waals surface area contributed by atoms with Crippen molar-refractivity contribution in [3.63, 3.8) is 0 Å². The average molecular weight is 270 g/mol. The lowest BCUT2D eigenvalue weighted by molar-refractivity contribution is 0.319. The quantitative estimate of drug-likeness (QED) is 0.791. The fourth-order valence-electron chi connectivity index (χ4n) is 1.99. The molecule has 0 aliphatic carbocycles. The summed E-state index contributed by atoms with van der Waals surface area (Å²) < 4.78 is 5.65. The van der Waals surface area contributed by atoms with Crippen molar-refractivity contribution in [1.29, 1.82) is 0 Å². The third kappa shape index (κ3) is 3.23. The molecule has 2 aromatic rings. The molecule has 0 fully saturated rings. The van der Waals surface area contributed by atoms with Crippen molar-refractivity contribution in [2.24, 2.45) is 0 Å². The van der Waals surface area contributed by atoms with E-state index < -0.39 is 0 Å². The van der Waals surface area contributed by atoms with Gasteiger partial charge in [-0.05, 0) is 49.6 Å². The summed E-state index contributed by atoms with van der Waals surface area (Å²) in [5.74, 6) is 0.738. The lowest BCUT2D eigenvalue weighted by Gasteiger charge is -2.14. The van der Waals surface area contributed by atoms with Gasteiger partial charge in [0.05, 0.1) is 12.3 Å². The zero-order valence-corrected chi connectivity index (χ0v) is 12.4. The van der Waals surface area contributed by atoms with Gasteiger partial charge in [0.1, 0.15) is 5.75 Å². The van der Waals surface area contributed by atoms with Gasteiger partial charge in [-0.1, -0.05) is 19.1 Å². The van der Waals surface area contributed by atoms with E-state index in [1.165, 1.54) is 11.1 Å². The molecule has 0 aliphatic rings. The molecule has 3 N–H and O–H groups in total. The third-order valence-corrected chi connectivity index (χ3v) is 3.36. The second-order valence-electron chi connectivity index (χ2n) is 4.97. The smallest absolute Gasteiger partial charge is 0.144 e. The Morgan fingerprint density at radius 3 is 2.70 bits per heavy atom. The second-order valence-corrected chi connectivity index (χ2v) is 4.97. The highest BCUT2D eigenvalue weighted by molar-refractivity contribution is 5.69. The number of hydrogen-bond acceptors (Lipinski definition) is 3. The first-order valence-electron chi connectivity index (χ1n) is 6.97. The standard InChI is InChI=1S/C17H22N2O/c1-4-10-20-17-11-14(8-9-15(17)18)19-16-7-5-6-12(2)13(16)3/h5-9,11,19H,4,10,18H2,1-3H3. The fraction of sp³-hybridized carbons (Fsp3) is 0.294. The summed E-state index contributed by atoms with van der Waals surface area (Å²) in [6.45, 7) is 6.98. The maximum atomic E-state index is 5.92. The van der Waals surface area contributed by atoms with Crippen LogP contribution < -0.4 is 15.8 Å². The zero-order valence-electron chi connectivity index (χ0n) is 12.4. The van der Waals surface area contributed by atoms with Crippen LogP contribution in [0.15, 0.2) is 36.4 Å². The zero-order chi connectivity index (χ0) is 14.5. The van der Waals surface area contributed by atoms with E-state index in [2.05, 4.69) is 44.3 Å². The first-order valence-corrected chi connectivity index (χ1v) is 6.97. The molecule has 3 heteroatoms. The van der Waals surface area contributed by atoms with Crippen molar-refractivity contribution in [1.82, 2.24) is 0 Å². The second kappa shape index (κ2) is 6.33. The number of ether oxygens (including phenoxy) is 1. The van der Waals surface area contributed by atoms with Crippen molar-refractivity contribution >= 4 is 17.1 Å². The van der Waals surface area contributed by atoms with Gasteiger partial charge in [-0.2, -0.15) is 0 Å². The van der Waals surface area contributed by atoms with Crippen LogP contribution in [0.5, 0.6) is 5.75 Å². The van der Waals surface area contributed by atoms with Gasteiger partial charge in [-0.15, -0.1) is 0 Å². The van der Waals surface area contributed by atoms with Gasteiger partial charge in [0, 0.05) is 17.4 Å². The number of anilines is 3. The van der Waals surface area contributed by atoms with Crippen LogP contribution in [-0.4, -0.2) is 6.61 Å². The highest BCUT2D eigenvalue weighted by Crippen LogP contribution is 2.29. The minimum atomic E-state index is 0.671. The third-order valence-electron chi connectivity index (χ3n) is 3.36. The molecular weight excluding hydrogens is 248 g/mol. The summed E-state index contributed by atoms with van der Waals surface area (Å²) in [5.41, 5.74) is 11.2. The lowest BCUT2D eigenvalue weighted by atomic mass is 10.1. The number of nitrogens with one attached hydrogen (secondary N) is 1. The molecule has 0 spiro atoms. The Balaban J connectivity index is 2.23. The topological polar surface area (TPSA) is 47.3 Å². The van der Waals surface area contributed by atoms with Gasteiger partial charge < -0.3 is 15.8 Å². The van der Waals surface area contributed by atoms with E-state index in [0.717, 1.165) is 23.5 Å². The first kappa shape index (κ1) is 14.3. The highest BCUT2D eigenvalue weighted by atomic mass is 16.5. The van der Waals surface area contributed by atoms with E-state index in [0.29, 0.717) is 12.3 Å². The van der Waals surface area contributed by atoms with Crippen LogP contribution in [0.25, 0.3) is 0 Å². The molecule has 0 saturated heterocycles. The molecule has 3 nitrogen and oxygen atoms in total. The molecule has 2 rings (SSSR count). The number of benzene rings is 2. The molecule has 0 aromatic heterocycles. The maximum Gasteiger partial charge on any atom is 0.144 e. The molecule has 0 unspecified atom stereocenters. The van der Waals surface area contributed by atoms with Crippen molar-refractivity contribution < 1.29 is 4.74 Å². The van der Waals surface area contributed by atoms with E-state index >= 15 is 0 Å². The Hall–Kier alpha value is -2.16. The minimum absolute atomic E-state index is 0.671. The highest BCUT2D eigenvalue weighted by Gasteiger charge is 2.05. The molecule has 0 bridgehead atoms. The predicted octanol–water partition coefficient (Wildman–Crippen LogP) is 4.42. The van der Waals surface area contributed by atoms with Crippen molar-refractivity contribution in [3.8, 4) is 5.75 Å². The molecule has 0 radical (unpaired) electrons. The largest absolute Gasteiger partial charge is 0.491 e. The summed E-state index contributed by atoms with van der Waals surface area (Å²) in [6.07, 6.45) is 0.966. The molecule has 106 valence electrons. The van der Waals surface area contributed by atoms with Gasteiger partial charge in [0.15, 0.2) is 0 Å². The van der Waals surface area contributed by atoms with E-state index in [4.69, 9.17) is 10.5 Å². The Kier molecular flexibility index (Phi) is 4.51. The molecule has 2 aromatic carbocycles. The monoisotopic (exact) mass is 270 g/mol. The van der Waals surface area contributed by atoms with Gasteiger partial charge >= 0.3 is 0 Å². The van der Waals surface area contributed by atoms with Crippen LogP contribution in [0.3, 0.4) is 0 Å². The van der Waals surface area contributed by atoms with Crippen LogP contribution in [0.4, 0.5) is 17.1 Å². The number of nitrogen functional groups attached to an aromatic ring is 1. The summed E-state index contributed by atoms with van der Waals surface area (Å²) in [4.78, 5) is 0. The Morgan fingerprint density at radius 2 is 1.95 bits per heavy atom. The van der Waals surface area contributed by atoms with Crippen LogP contribution in [0.2, 0.25) is 0 Å². The Morgan fingerprint density at radius 1 is 1.15 bits per heavy atom. The molecule has 0 atom stereocenters. The fourth-order valence-corrected chi connectivity index (χ4v) is 1.99. The van der Waals surface area contributed by atoms with E-state index in [1.807, 2.05) is 18.2 Å². The van der Waals surface area contributed by atoms with Gasteiger partial charge in [0.2, 0.25) is 0 Å². The molecule has 0 aliphatic heterocycles. The van der Waals surface area contributed by atoms with Gasteiger partial charge in [-0.25, -0.2) is 0 Å². The molecule has 0 saturated carbocycles. The number of aryl methyl sites for hydroxylation is 1. The van der Waals surface area contributed by atoms with Crippen LogP contribution >= 0.6 is 0 Å². The SMILES string of the molecule is CCCOc1cc(Nc2cccc(C)c2C)ccc1N. The van der Waals surface area contributed by atoms with Crippen LogP contribution in [0.1, 0.15) is 24.5 Å². The Bertz CT molecular complexity index is 594. The van der Waals surface area contributed by atoms with E-state index in [1.54, 1.807) is 0 Å². The summed E-state index contributed by atoms with van der Waals surface area (Å²) in [7, 11) is 0. The predicted molar refractivity (Wildman–Crippen MR) is 85.8 cm³/mol. The Labute approximate surface area is 120 Å². The van der Waals surface area contributed by atoms with Crippen molar-refractivity contribution in [3.05, 3.63) is 47.5 Å². The summed E-state index contributed by atoms with van der Waals surface area (Å²) >= 11 is 0. The van der Waals surface area contributed by atoms with Crippen molar-refractivity contribution in [2.45, 2.75) is 27.2 Å². The molecular formula is C17H22N2O. The van der Waals surface area contributed by atoms with E-state index in [9.17, 15) is 0 Å². The number of hydrogen-bond donors (Lipinski definition) is 2. The summed E-state index contributed by atoms with van der Waals surface area (Å²) in [6, 6.07) is 12.0. The van der Waals surface area contributed by atoms with Crippen molar-refractivity contribution in [2.75, 3.05) is 17.7 Å². The van der Waals surface area contributed by atoms with E-state index in [-0.39, 0.29) is 0 Å². The molecule has 0 amide bonds. The number of nitrogens with two attached hydrogens (primary N) is 1. The van der Waals surface area contributed by atoms with Gasteiger partial charge in [-0.3, -0.25) is 0 Å². The average Bonchev–Trinajstić information content (AvgIpc) is 2.44. The molecule has 20 heavy (non-hydrogen) atoms. The number of rotatable bonds is 5. The van der Waals surface area contributed by atoms with Crippen LogP contribution in [0, 0.1) is 13.8 Å². The normalized spacial score (nSPS) is 10.3. The first-order chi connectivity index (χ1) is 9.61. The maximum absolute atomic E-state index is 5.92. The van der Waals surface area contributed by atoms with Crippen LogP contribution in [-0.2, 0) is 0 Å².